The van der Waals surface area contributed by atoms with Crippen molar-refractivity contribution in [2.75, 3.05) is 7.05 Å². The second-order valence-electron chi connectivity index (χ2n) is 5.28. The quantitative estimate of drug-likeness (QED) is 0.579. The highest BCUT2D eigenvalue weighted by Gasteiger charge is 2.29. The van der Waals surface area contributed by atoms with E-state index in [4.69, 9.17) is 9.15 Å². The zero-order valence-corrected chi connectivity index (χ0v) is 14.3. The summed E-state index contributed by atoms with van der Waals surface area (Å²) in [5.41, 5.74) is 0.596. The van der Waals surface area contributed by atoms with Gasteiger partial charge in [0.1, 0.15) is 27.2 Å². The number of aromatic nitrogens is 1. The van der Waals surface area contributed by atoms with Crippen LogP contribution in [0.2, 0.25) is 0 Å². The fraction of sp³-hybridized carbons (Fsp3) is 0.267. The van der Waals surface area contributed by atoms with Crippen LogP contribution in [0.25, 0.3) is 0 Å². The van der Waals surface area contributed by atoms with Crippen LogP contribution in [-0.2, 0) is 11.3 Å². The number of halogens is 1. The van der Waals surface area contributed by atoms with Gasteiger partial charge < -0.3 is 9.15 Å². The Morgan fingerprint density at radius 1 is 1.50 bits per heavy atom. The first kappa shape index (κ1) is 17.9. The average molecular weight is 380 g/mol. The maximum atomic E-state index is 13.3. The molecule has 0 spiro atoms. The van der Waals surface area contributed by atoms with E-state index in [0.717, 1.165) is 6.20 Å². The van der Waals surface area contributed by atoms with Gasteiger partial charge in [-0.25, -0.2) is 9.18 Å². The lowest BCUT2D eigenvalue weighted by molar-refractivity contribution is -0.402. The molecule has 0 bridgehead atoms. The third-order valence-electron chi connectivity index (χ3n) is 3.46. The molecule has 136 valence electrons. The van der Waals surface area contributed by atoms with Gasteiger partial charge in [0, 0.05) is 25.0 Å². The number of carbonyl (C=O) groups excluding carboxylic acids is 1. The second-order valence-corrected chi connectivity index (χ2v) is 6.48. The van der Waals surface area contributed by atoms with Crippen molar-refractivity contribution in [3.63, 3.8) is 0 Å². The molecule has 11 heteroatoms. The summed E-state index contributed by atoms with van der Waals surface area (Å²) < 4.78 is 23.3. The predicted octanol–water partition coefficient (Wildman–Crippen LogP) is 3.13. The van der Waals surface area contributed by atoms with Gasteiger partial charge in [0.2, 0.25) is 0 Å². The van der Waals surface area contributed by atoms with Gasteiger partial charge in [-0.1, -0.05) is 11.8 Å². The molecule has 3 heterocycles. The van der Waals surface area contributed by atoms with E-state index in [2.05, 4.69) is 9.98 Å². The lowest BCUT2D eigenvalue weighted by atomic mass is 10.3. The van der Waals surface area contributed by atoms with E-state index in [1.54, 1.807) is 6.21 Å². The molecular weight excluding hydrogens is 367 g/mol. The van der Waals surface area contributed by atoms with E-state index >= 15 is 0 Å². The Bertz CT molecular complexity index is 858. The Morgan fingerprint density at radius 2 is 2.31 bits per heavy atom. The van der Waals surface area contributed by atoms with Crippen LogP contribution in [0.5, 0.6) is 0 Å². The van der Waals surface area contributed by atoms with Gasteiger partial charge in [-0.3, -0.25) is 25.0 Å². The third kappa shape index (κ3) is 3.99. The van der Waals surface area contributed by atoms with Gasteiger partial charge in [-0.15, -0.1) is 0 Å². The lowest BCUT2D eigenvalue weighted by Gasteiger charge is -2.21. The smallest absolute Gasteiger partial charge is 0.433 e. The summed E-state index contributed by atoms with van der Waals surface area (Å²) in [5, 5.41) is 9.78. The SMILES string of the molecule is CN(C(=O)OCc1ccc([N+](=O)[O-])o1)C1C=NC(c2cncc(F)c2)S1. The molecule has 9 nitrogen and oxygen atoms in total. The van der Waals surface area contributed by atoms with Gasteiger partial charge in [-0.2, -0.15) is 0 Å². The standard InChI is InChI=1S/C15H13FN4O5S/c1-19(15(21)24-8-11-2-3-12(25-11)20(22)23)13-7-18-14(26-13)9-4-10(16)6-17-5-9/h2-7,13-14H,8H2,1H3. The van der Waals surface area contributed by atoms with Crippen molar-refractivity contribution >= 4 is 30.0 Å². The number of hydrogen-bond acceptors (Lipinski definition) is 8. The number of amides is 1. The summed E-state index contributed by atoms with van der Waals surface area (Å²) in [7, 11) is 1.53. The highest BCUT2D eigenvalue weighted by Crippen LogP contribution is 2.38. The van der Waals surface area contributed by atoms with Crippen LogP contribution in [0.1, 0.15) is 16.7 Å². The Kier molecular flexibility index (Phi) is 5.16. The number of thioether (sulfide) groups is 1. The van der Waals surface area contributed by atoms with Crippen molar-refractivity contribution in [2.45, 2.75) is 17.4 Å². The fourth-order valence-corrected chi connectivity index (χ4v) is 3.25. The summed E-state index contributed by atoms with van der Waals surface area (Å²) in [6.07, 6.45) is 3.54. The van der Waals surface area contributed by atoms with Crippen molar-refractivity contribution in [2.24, 2.45) is 4.99 Å². The molecule has 2 aromatic heterocycles. The molecule has 0 aromatic carbocycles. The highest BCUT2D eigenvalue weighted by atomic mass is 32.2. The van der Waals surface area contributed by atoms with E-state index in [1.807, 2.05) is 0 Å². The van der Waals surface area contributed by atoms with Crippen LogP contribution in [0.3, 0.4) is 0 Å². The first-order chi connectivity index (χ1) is 12.4. The lowest BCUT2D eigenvalue weighted by Crippen LogP contribution is -2.35. The molecule has 0 fully saturated rings. The van der Waals surface area contributed by atoms with Crippen LogP contribution in [0.15, 0.2) is 40.0 Å². The van der Waals surface area contributed by atoms with Crippen molar-refractivity contribution in [3.8, 4) is 0 Å². The number of pyridine rings is 1. The van der Waals surface area contributed by atoms with Gasteiger partial charge >= 0.3 is 12.0 Å². The van der Waals surface area contributed by atoms with E-state index in [1.165, 1.54) is 48.1 Å². The molecule has 2 atom stereocenters. The fourth-order valence-electron chi connectivity index (χ4n) is 2.15. The van der Waals surface area contributed by atoms with Crippen LogP contribution in [0, 0.1) is 15.9 Å². The molecule has 0 saturated heterocycles. The molecule has 0 N–H and O–H groups in total. The number of nitro groups is 1. The first-order valence-electron chi connectivity index (χ1n) is 7.36. The summed E-state index contributed by atoms with van der Waals surface area (Å²) in [5.74, 6) is -0.716. The Morgan fingerprint density at radius 3 is 3.00 bits per heavy atom. The molecule has 0 aliphatic carbocycles. The third-order valence-corrected chi connectivity index (χ3v) is 4.83. The van der Waals surface area contributed by atoms with Crippen LogP contribution in [0.4, 0.5) is 15.1 Å². The van der Waals surface area contributed by atoms with Crippen molar-refractivity contribution in [3.05, 3.63) is 57.8 Å². The van der Waals surface area contributed by atoms with Crippen LogP contribution >= 0.6 is 11.8 Å². The largest absolute Gasteiger partial charge is 0.441 e. The highest BCUT2D eigenvalue weighted by molar-refractivity contribution is 8.01. The summed E-state index contributed by atoms with van der Waals surface area (Å²) in [4.78, 5) is 31.4. The predicted molar refractivity (Wildman–Crippen MR) is 90.1 cm³/mol. The number of rotatable bonds is 5. The molecule has 2 unspecified atom stereocenters. The maximum Gasteiger partial charge on any atom is 0.433 e. The zero-order chi connectivity index (χ0) is 18.7. The minimum atomic E-state index is -0.676. The number of carbonyl (C=O) groups is 1. The Hall–Kier alpha value is -2.95. The molecule has 2 aromatic rings. The zero-order valence-electron chi connectivity index (χ0n) is 13.4. The van der Waals surface area contributed by atoms with Crippen LogP contribution in [-0.4, -0.2) is 39.5 Å². The van der Waals surface area contributed by atoms with E-state index in [9.17, 15) is 19.3 Å². The molecule has 1 amide bonds. The number of ether oxygens (including phenoxy) is 1. The number of aliphatic imine (C=N–C) groups is 1. The van der Waals surface area contributed by atoms with Gasteiger partial charge in [0.15, 0.2) is 6.61 Å². The van der Waals surface area contributed by atoms with E-state index in [0.29, 0.717) is 5.56 Å². The Balaban J connectivity index is 1.54. The molecule has 1 aliphatic heterocycles. The Labute approximate surface area is 151 Å². The minimum Gasteiger partial charge on any atom is -0.441 e. The summed E-state index contributed by atoms with van der Waals surface area (Å²) in [6, 6.07) is 3.89. The molecule has 1 aliphatic rings. The number of furan rings is 1. The molecule has 26 heavy (non-hydrogen) atoms. The minimum absolute atomic E-state index is 0.162. The normalized spacial score (nSPS) is 18.7. The van der Waals surface area contributed by atoms with E-state index in [-0.39, 0.29) is 17.7 Å². The van der Waals surface area contributed by atoms with E-state index < -0.39 is 28.1 Å². The van der Waals surface area contributed by atoms with Gasteiger partial charge in [-0.05, 0) is 12.1 Å². The summed E-state index contributed by atoms with van der Waals surface area (Å²) >= 11 is 1.32. The molecule has 0 radical (unpaired) electrons. The topological polar surface area (TPSA) is 111 Å². The van der Waals surface area contributed by atoms with Crippen molar-refractivity contribution < 1.29 is 23.3 Å². The van der Waals surface area contributed by atoms with Crippen molar-refractivity contribution in [1.29, 1.82) is 0 Å². The average Bonchev–Trinajstić information content (AvgIpc) is 3.28. The monoisotopic (exact) mass is 380 g/mol. The van der Waals surface area contributed by atoms with Gasteiger partial charge in [0.25, 0.3) is 0 Å². The second kappa shape index (κ2) is 7.52. The molecule has 0 saturated carbocycles. The molecular formula is C15H13FN4O5S. The molecule has 3 rings (SSSR count). The number of hydrogen-bond donors (Lipinski definition) is 0. The first-order valence-corrected chi connectivity index (χ1v) is 8.30. The maximum absolute atomic E-state index is 13.3. The summed E-state index contributed by atoms with van der Waals surface area (Å²) in [6.45, 7) is -0.233. The van der Waals surface area contributed by atoms with Crippen LogP contribution < -0.4 is 0 Å². The van der Waals surface area contributed by atoms with Crippen molar-refractivity contribution in [1.82, 2.24) is 9.88 Å². The van der Waals surface area contributed by atoms with Gasteiger partial charge in [0.05, 0.1) is 12.3 Å². The number of nitrogens with zero attached hydrogens (tertiary/aromatic N) is 4.